The number of rotatable bonds is 3. The number of phenols is 2. The summed E-state index contributed by atoms with van der Waals surface area (Å²) in [6.45, 7) is 8.04. The number of thioether (sulfide) groups is 1. The fourth-order valence-electron chi connectivity index (χ4n) is 3.95. The van der Waals surface area contributed by atoms with E-state index in [1.807, 2.05) is 37.7 Å². The van der Waals surface area contributed by atoms with Crippen molar-refractivity contribution in [3.8, 4) is 11.5 Å². The van der Waals surface area contributed by atoms with Crippen molar-refractivity contribution in [1.29, 1.82) is 0 Å². The van der Waals surface area contributed by atoms with Crippen LogP contribution in [0, 0.1) is 33.6 Å². The van der Waals surface area contributed by atoms with Crippen molar-refractivity contribution in [2.24, 2.45) is 5.92 Å². The van der Waals surface area contributed by atoms with Gasteiger partial charge < -0.3 is 10.2 Å². The molecule has 0 amide bonds. The maximum absolute atomic E-state index is 10.8. The highest BCUT2D eigenvalue weighted by Crippen LogP contribution is 2.47. The minimum Gasteiger partial charge on any atom is -0.507 e. The molecule has 2 aromatic carbocycles. The largest absolute Gasteiger partial charge is 0.507 e. The van der Waals surface area contributed by atoms with Crippen molar-refractivity contribution in [3.63, 3.8) is 0 Å². The lowest BCUT2D eigenvalue weighted by atomic mass is 9.77. The van der Waals surface area contributed by atoms with Crippen molar-refractivity contribution in [2.75, 3.05) is 11.5 Å². The van der Waals surface area contributed by atoms with E-state index in [2.05, 4.69) is 26.0 Å². The topological polar surface area (TPSA) is 40.5 Å². The second-order valence-corrected chi connectivity index (χ2v) is 8.29. The normalized spacial score (nSPS) is 17.6. The molecular formula is C21H26O2S. The number of aryl methyl sites for hydroxylation is 4. The lowest BCUT2D eigenvalue weighted by molar-refractivity contribution is 0.425. The second-order valence-electron chi connectivity index (χ2n) is 7.14. The molecule has 1 unspecified atom stereocenters. The summed E-state index contributed by atoms with van der Waals surface area (Å²) < 4.78 is 0. The Bertz CT molecular complexity index is 703. The Balaban J connectivity index is 2.22. The number of phenolic OH excluding ortho intramolecular Hbond substituents is 2. The zero-order valence-corrected chi connectivity index (χ0v) is 15.7. The highest BCUT2D eigenvalue weighted by Gasteiger charge is 2.32. The summed E-state index contributed by atoms with van der Waals surface area (Å²) in [6.07, 6.45) is 1.12. The van der Waals surface area contributed by atoms with Crippen LogP contribution in [0.2, 0.25) is 0 Å². The van der Waals surface area contributed by atoms with E-state index < -0.39 is 0 Å². The molecule has 24 heavy (non-hydrogen) atoms. The van der Waals surface area contributed by atoms with Crippen molar-refractivity contribution in [1.82, 2.24) is 0 Å². The summed E-state index contributed by atoms with van der Waals surface area (Å²) in [5, 5.41) is 21.5. The Hall–Kier alpha value is -1.61. The summed E-state index contributed by atoms with van der Waals surface area (Å²) in [4.78, 5) is 0. The van der Waals surface area contributed by atoms with E-state index in [0.717, 1.165) is 51.3 Å². The van der Waals surface area contributed by atoms with E-state index in [4.69, 9.17) is 0 Å². The van der Waals surface area contributed by atoms with Crippen LogP contribution in [0.25, 0.3) is 0 Å². The summed E-state index contributed by atoms with van der Waals surface area (Å²) in [5.41, 5.74) is 6.04. The Kier molecular flexibility index (Phi) is 4.82. The standard InChI is InChI=1S/C21H26O2S/c1-12-7-14(3)20(22)17(9-12)19(16-5-6-24-11-16)18-10-13(2)8-15(4)21(18)23/h7-10,16,19,22-23H,5-6,11H2,1-4H3. The highest BCUT2D eigenvalue weighted by atomic mass is 32.2. The molecule has 1 aliphatic heterocycles. The van der Waals surface area contributed by atoms with Gasteiger partial charge in [0.2, 0.25) is 0 Å². The third kappa shape index (κ3) is 3.14. The van der Waals surface area contributed by atoms with Crippen LogP contribution in [0.15, 0.2) is 24.3 Å². The van der Waals surface area contributed by atoms with E-state index in [0.29, 0.717) is 17.4 Å². The molecule has 1 aliphatic rings. The Morgan fingerprint density at radius 3 is 1.79 bits per heavy atom. The molecule has 2 N–H and O–H groups in total. The van der Waals surface area contributed by atoms with Crippen LogP contribution in [-0.4, -0.2) is 21.7 Å². The maximum Gasteiger partial charge on any atom is 0.122 e. The fraction of sp³-hybridized carbons (Fsp3) is 0.429. The maximum atomic E-state index is 10.8. The molecule has 3 rings (SSSR count). The van der Waals surface area contributed by atoms with Gasteiger partial charge >= 0.3 is 0 Å². The zero-order valence-electron chi connectivity index (χ0n) is 14.9. The van der Waals surface area contributed by atoms with Gasteiger partial charge in [-0.15, -0.1) is 0 Å². The summed E-state index contributed by atoms with van der Waals surface area (Å²) in [7, 11) is 0. The molecule has 0 radical (unpaired) electrons. The van der Waals surface area contributed by atoms with E-state index in [-0.39, 0.29) is 5.92 Å². The molecule has 1 fully saturated rings. The van der Waals surface area contributed by atoms with Gasteiger partial charge in [0.15, 0.2) is 0 Å². The van der Waals surface area contributed by atoms with Gasteiger partial charge in [-0.05, 0) is 62.7 Å². The Morgan fingerprint density at radius 1 is 0.875 bits per heavy atom. The minimum absolute atomic E-state index is 0.0391. The van der Waals surface area contributed by atoms with Gasteiger partial charge in [-0.25, -0.2) is 0 Å². The first-order valence-electron chi connectivity index (χ1n) is 8.56. The third-order valence-corrected chi connectivity index (χ3v) is 6.24. The SMILES string of the molecule is Cc1cc(C)c(O)c(C(c2cc(C)cc(C)c2O)C2CCSC2)c1. The smallest absolute Gasteiger partial charge is 0.122 e. The number of aromatic hydroxyl groups is 2. The number of hydrogen-bond donors (Lipinski definition) is 2. The van der Waals surface area contributed by atoms with E-state index in [1.165, 1.54) is 0 Å². The van der Waals surface area contributed by atoms with Gasteiger partial charge in [-0.2, -0.15) is 11.8 Å². The number of benzene rings is 2. The fourth-order valence-corrected chi connectivity index (χ4v) is 5.25. The monoisotopic (exact) mass is 342 g/mol. The lowest BCUT2D eigenvalue weighted by Crippen LogP contribution is -2.15. The van der Waals surface area contributed by atoms with E-state index in [9.17, 15) is 10.2 Å². The van der Waals surface area contributed by atoms with Crippen molar-refractivity contribution in [3.05, 3.63) is 57.6 Å². The minimum atomic E-state index is 0.0391. The van der Waals surface area contributed by atoms with Crippen molar-refractivity contribution in [2.45, 2.75) is 40.0 Å². The predicted molar refractivity (Wildman–Crippen MR) is 102 cm³/mol. The summed E-state index contributed by atoms with van der Waals surface area (Å²) in [6, 6.07) is 8.21. The molecule has 2 nitrogen and oxygen atoms in total. The molecule has 1 saturated heterocycles. The predicted octanol–water partition coefficient (Wildman–Crippen LogP) is 5.22. The molecule has 0 saturated carbocycles. The second kappa shape index (κ2) is 6.72. The zero-order chi connectivity index (χ0) is 17.4. The van der Waals surface area contributed by atoms with Gasteiger partial charge in [0, 0.05) is 17.0 Å². The van der Waals surface area contributed by atoms with Gasteiger partial charge in [0.25, 0.3) is 0 Å². The molecule has 1 heterocycles. The van der Waals surface area contributed by atoms with Crippen LogP contribution in [0.3, 0.4) is 0 Å². The van der Waals surface area contributed by atoms with Crippen molar-refractivity contribution >= 4 is 11.8 Å². The van der Waals surface area contributed by atoms with Crippen LogP contribution in [0.4, 0.5) is 0 Å². The molecular weight excluding hydrogens is 316 g/mol. The van der Waals surface area contributed by atoms with Crippen LogP contribution in [0.5, 0.6) is 11.5 Å². The van der Waals surface area contributed by atoms with Gasteiger partial charge in [-0.1, -0.05) is 35.4 Å². The van der Waals surface area contributed by atoms with Crippen LogP contribution in [-0.2, 0) is 0 Å². The first-order valence-corrected chi connectivity index (χ1v) is 9.72. The van der Waals surface area contributed by atoms with Crippen LogP contribution >= 0.6 is 11.8 Å². The van der Waals surface area contributed by atoms with E-state index >= 15 is 0 Å². The Labute approximate surface area is 148 Å². The Morgan fingerprint density at radius 2 is 1.38 bits per heavy atom. The van der Waals surface area contributed by atoms with Crippen molar-refractivity contribution < 1.29 is 10.2 Å². The quantitative estimate of drug-likeness (QED) is 0.804. The average molecular weight is 343 g/mol. The molecule has 2 aromatic rings. The molecule has 0 bridgehead atoms. The summed E-state index contributed by atoms with van der Waals surface area (Å²) in [5.74, 6) is 3.45. The molecule has 128 valence electrons. The molecule has 1 atom stereocenters. The van der Waals surface area contributed by atoms with Gasteiger partial charge in [0.05, 0.1) is 0 Å². The average Bonchev–Trinajstić information content (AvgIpc) is 3.03. The van der Waals surface area contributed by atoms with Gasteiger partial charge in [0.1, 0.15) is 11.5 Å². The number of hydrogen-bond acceptors (Lipinski definition) is 3. The summed E-state index contributed by atoms with van der Waals surface area (Å²) >= 11 is 1.97. The lowest BCUT2D eigenvalue weighted by Gasteiger charge is -2.27. The first kappa shape index (κ1) is 17.2. The molecule has 0 spiro atoms. The van der Waals surface area contributed by atoms with Crippen LogP contribution < -0.4 is 0 Å². The highest BCUT2D eigenvalue weighted by molar-refractivity contribution is 7.99. The van der Waals surface area contributed by atoms with Crippen LogP contribution in [0.1, 0.15) is 45.7 Å². The third-order valence-electron chi connectivity index (χ3n) is 5.06. The molecule has 0 aromatic heterocycles. The molecule has 3 heteroatoms. The van der Waals surface area contributed by atoms with E-state index in [1.54, 1.807) is 0 Å². The first-order chi connectivity index (χ1) is 11.4. The molecule has 0 aliphatic carbocycles. The van der Waals surface area contributed by atoms with Gasteiger partial charge in [-0.3, -0.25) is 0 Å².